The Hall–Kier alpha value is -4.06. The fourth-order valence-corrected chi connectivity index (χ4v) is 4.04. The summed E-state index contributed by atoms with van der Waals surface area (Å²) in [7, 11) is 1.65. The molecule has 6 heteroatoms. The van der Waals surface area contributed by atoms with Gasteiger partial charge in [-0.15, -0.1) is 0 Å². The summed E-state index contributed by atoms with van der Waals surface area (Å²) in [6.07, 6.45) is 6.08. The molecule has 6 nitrogen and oxygen atoms in total. The van der Waals surface area contributed by atoms with Crippen molar-refractivity contribution in [1.82, 2.24) is 14.1 Å². The van der Waals surface area contributed by atoms with E-state index < -0.39 is 5.97 Å². The molecule has 5 rings (SSSR count). The van der Waals surface area contributed by atoms with Gasteiger partial charge in [-0.1, -0.05) is 12.1 Å². The maximum absolute atomic E-state index is 11.1. The maximum atomic E-state index is 11.1. The van der Waals surface area contributed by atoms with Gasteiger partial charge in [-0.3, -0.25) is 4.79 Å². The standard InChI is InChI=1S/C25H21N3O3/c1-31-20-7-4-18(5-8-20)28-23-10-6-19(27-13-12-26-16-27)15-22(23)21-9-2-17(14-24(21)28)3-11-25(29)30/h2,4-10,12-16H,3,11H2,1H3,(H,29,30). The van der Waals surface area contributed by atoms with Gasteiger partial charge in [0.2, 0.25) is 0 Å². The van der Waals surface area contributed by atoms with Crippen LogP contribution in [0.25, 0.3) is 33.2 Å². The second kappa shape index (κ2) is 7.65. The first-order valence-corrected chi connectivity index (χ1v) is 10.1. The lowest BCUT2D eigenvalue weighted by atomic mass is 10.1. The summed E-state index contributed by atoms with van der Waals surface area (Å²) in [5, 5.41) is 11.3. The van der Waals surface area contributed by atoms with Crippen LogP contribution in [0.3, 0.4) is 0 Å². The lowest BCUT2D eigenvalue weighted by molar-refractivity contribution is -0.136. The maximum Gasteiger partial charge on any atom is 0.303 e. The lowest BCUT2D eigenvalue weighted by Gasteiger charge is -2.10. The number of hydrogen-bond donors (Lipinski definition) is 1. The van der Waals surface area contributed by atoms with E-state index in [2.05, 4.69) is 39.9 Å². The Kier molecular flexibility index (Phi) is 4.67. The Morgan fingerprint density at radius 1 is 0.968 bits per heavy atom. The highest BCUT2D eigenvalue weighted by Gasteiger charge is 2.14. The third-order valence-corrected chi connectivity index (χ3v) is 5.57. The number of fused-ring (bicyclic) bond motifs is 3. The number of carboxylic acid groups (broad SMARTS) is 1. The molecule has 0 radical (unpaired) electrons. The third-order valence-electron chi connectivity index (χ3n) is 5.57. The number of carboxylic acids is 1. The molecule has 1 N–H and O–H groups in total. The van der Waals surface area contributed by atoms with Gasteiger partial charge in [-0.25, -0.2) is 4.98 Å². The molecule has 2 heterocycles. The molecular weight excluding hydrogens is 390 g/mol. The summed E-state index contributed by atoms with van der Waals surface area (Å²) in [5.41, 5.74) is 5.19. The zero-order chi connectivity index (χ0) is 21.4. The molecule has 0 atom stereocenters. The van der Waals surface area contributed by atoms with Crippen molar-refractivity contribution in [1.29, 1.82) is 0 Å². The highest BCUT2D eigenvalue weighted by atomic mass is 16.5. The predicted molar refractivity (Wildman–Crippen MR) is 120 cm³/mol. The minimum atomic E-state index is -0.791. The van der Waals surface area contributed by atoms with Crippen LogP contribution in [0.15, 0.2) is 79.4 Å². The molecular formula is C25H21N3O3. The van der Waals surface area contributed by atoms with Crippen LogP contribution in [0.5, 0.6) is 5.75 Å². The first-order valence-electron chi connectivity index (χ1n) is 10.1. The second-order valence-electron chi connectivity index (χ2n) is 7.45. The number of imidazole rings is 1. The predicted octanol–water partition coefficient (Wildman–Crippen LogP) is 5.00. The van der Waals surface area contributed by atoms with Crippen LogP contribution in [0.2, 0.25) is 0 Å². The summed E-state index contributed by atoms with van der Waals surface area (Å²) < 4.78 is 9.52. The zero-order valence-electron chi connectivity index (χ0n) is 17.0. The molecule has 0 aliphatic carbocycles. The molecule has 154 valence electrons. The van der Waals surface area contributed by atoms with E-state index in [0.29, 0.717) is 6.42 Å². The molecule has 0 saturated carbocycles. The van der Waals surface area contributed by atoms with Crippen molar-refractivity contribution >= 4 is 27.8 Å². The van der Waals surface area contributed by atoms with Gasteiger partial charge >= 0.3 is 5.97 Å². The van der Waals surface area contributed by atoms with E-state index >= 15 is 0 Å². The normalized spacial score (nSPS) is 11.3. The second-order valence-corrected chi connectivity index (χ2v) is 7.45. The monoisotopic (exact) mass is 411 g/mol. The average molecular weight is 411 g/mol. The fraction of sp³-hybridized carbons (Fsp3) is 0.120. The van der Waals surface area contributed by atoms with Crippen LogP contribution in [0.4, 0.5) is 0 Å². The molecule has 3 aromatic carbocycles. The highest BCUT2D eigenvalue weighted by Crippen LogP contribution is 2.34. The number of nitrogens with zero attached hydrogens (tertiary/aromatic N) is 3. The van der Waals surface area contributed by atoms with Gasteiger partial charge in [0.25, 0.3) is 0 Å². The number of hydrogen-bond acceptors (Lipinski definition) is 3. The number of ether oxygens (including phenoxy) is 1. The Balaban J connectivity index is 1.75. The Morgan fingerprint density at radius 2 is 1.77 bits per heavy atom. The molecule has 31 heavy (non-hydrogen) atoms. The fourth-order valence-electron chi connectivity index (χ4n) is 4.04. The van der Waals surface area contributed by atoms with E-state index in [1.165, 1.54) is 0 Å². The number of carbonyl (C=O) groups is 1. The minimum Gasteiger partial charge on any atom is -0.497 e. The van der Waals surface area contributed by atoms with Crippen molar-refractivity contribution in [3.8, 4) is 17.1 Å². The first kappa shape index (κ1) is 18.9. The van der Waals surface area contributed by atoms with Gasteiger partial charge in [0.1, 0.15) is 5.75 Å². The number of aromatic nitrogens is 3. The smallest absolute Gasteiger partial charge is 0.303 e. The van der Waals surface area contributed by atoms with E-state index in [-0.39, 0.29) is 6.42 Å². The zero-order valence-corrected chi connectivity index (χ0v) is 17.0. The first-order chi connectivity index (χ1) is 15.1. The number of methoxy groups -OCH3 is 1. The van der Waals surface area contributed by atoms with Crippen LogP contribution in [0, 0.1) is 0 Å². The number of benzene rings is 3. The molecule has 0 fully saturated rings. The van der Waals surface area contributed by atoms with Gasteiger partial charge in [0.15, 0.2) is 0 Å². The largest absolute Gasteiger partial charge is 0.497 e. The summed E-state index contributed by atoms with van der Waals surface area (Å²) in [6.45, 7) is 0. The third kappa shape index (κ3) is 3.42. The van der Waals surface area contributed by atoms with Crippen LogP contribution in [0.1, 0.15) is 12.0 Å². The minimum absolute atomic E-state index is 0.110. The Morgan fingerprint density at radius 3 is 2.48 bits per heavy atom. The SMILES string of the molecule is COc1ccc(-n2c3ccc(-n4ccnc4)cc3c3ccc(CCC(=O)O)cc32)cc1. The number of aliphatic carboxylic acids is 1. The molecule has 0 spiro atoms. The molecule has 0 unspecified atom stereocenters. The van der Waals surface area contributed by atoms with E-state index in [9.17, 15) is 4.79 Å². The van der Waals surface area contributed by atoms with Crippen molar-refractivity contribution in [2.75, 3.05) is 7.11 Å². The summed E-state index contributed by atoms with van der Waals surface area (Å²) >= 11 is 0. The van der Waals surface area contributed by atoms with Crippen LogP contribution >= 0.6 is 0 Å². The summed E-state index contributed by atoms with van der Waals surface area (Å²) in [5.74, 6) is 0.00910. The van der Waals surface area contributed by atoms with Gasteiger partial charge < -0.3 is 19.0 Å². The number of rotatable bonds is 6. The molecule has 0 amide bonds. The molecule has 0 aliphatic heterocycles. The average Bonchev–Trinajstić information content (AvgIpc) is 3.43. The molecule has 2 aromatic heterocycles. The van der Waals surface area contributed by atoms with Gasteiger partial charge in [0, 0.05) is 41.0 Å². The van der Waals surface area contributed by atoms with Crippen LogP contribution in [-0.2, 0) is 11.2 Å². The van der Waals surface area contributed by atoms with E-state index in [4.69, 9.17) is 9.84 Å². The van der Waals surface area contributed by atoms with E-state index in [1.54, 1.807) is 19.6 Å². The topological polar surface area (TPSA) is 69.3 Å². The van der Waals surface area contributed by atoms with Crippen LogP contribution < -0.4 is 4.74 Å². The highest BCUT2D eigenvalue weighted by molar-refractivity contribution is 6.10. The molecule has 0 aliphatic rings. The van der Waals surface area contributed by atoms with Crippen LogP contribution in [-0.4, -0.2) is 32.3 Å². The quantitative estimate of drug-likeness (QED) is 0.427. The van der Waals surface area contributed by atoms with Crippen molar-refractivity contribution in [2.24, 2.45) is 0 Å². The van der Waals surface area contributed by atoms with Gasteiger partial charge in [-0.05, 0) is 60.5 Å². The Bertz CT molecular complexity index is 1380. The molecule has 0 saturated heterocycles. The van der Waals surface area contributed by atoms with Crippen molar-refractivity contribution < 1.29 is 14.6 Å². The van der Waals surface area contributed by atoms with Crippen molar-refractivity contribution in [3.63, 3.8) is 0 Å². The Labute approximate surface area is 178 Å². The van der Waals surface area contributed by atoms with Gasteiger partial charge in [-0.2, -0.15) is 0 Å². The van der Waals surface area contributed by atoms with Crippen molar-refractivity contribution in [2.45, 2.75) is 12.8 Å². The lowest BCUT2D eigenvalue weighted by Crippen LogP contribution is -1.98. The number of aryl methyl sites for hydroxylation is 1. The summed E-state index contributed by atoms with van der Waals surface area (Å²) in [4.78, 5) is 15.2. The van der Waals surface area contributed by atoms with Gasteiger partial charge in [0.05, 0.1) is 24.5 Å². The summed E-state index contributed by atoms with van der Waals surface area (Å²) in [6, 6.07) is 20.5. The molecule has 5 aromatic rings. The van der Waals surface area contributed by atoms with E-state index in [0.717, 1.165) is 44.5 Å². The van der Waals surface area contributed by atoms with Crippen molar-refractivity contribution in [3.05, 3.63) is 84.9 Å². The van der Waals surface area contributed by atoms with E-state index in [1.807, 2.05) is 41.1 Å². The molecule has 0 bridgehead atoms.